The Morgan fingerprint density at radius 1 is 1.21 bits per heavy atom. The Hall–Kier alpha value is -1.13. The maximum atomic E-state index is 13.7. The van der Waals surface area contributed by atoms with Crippen molar-refractivity contribution in [1.82, 2.24) is 9.80 Å². The van der Waals surface area contributed by atoms with Gasteiger partial charge in [-0.1, -0.05) is 17.7 Å². The summed E-state index contributed by atoms with van der Waals surface area (Å²) in [6.45, 7) is 3.06. The van der Waals surface area contributed by atoms with Gasteiger partial charge in [-0.3, -0.25) is 9.69 Å². The summed E-state index contributed by atoms with van der Waals surface area (Å²) in [4.78, 5) is 16.4. The quantitative estimate of drug-likeness (QED) is 0.832. The Morgan fingerprint density at radius 2 is 1.89 bits per heavy atom. The second kappa shape index (κ2) is 5.10. The van der Waals surface area contributed by atoms with Crippen molar-refractivity contribution in [1.29, 1.82) is 0 Å². The summed E-state index contributed by atoms with van der Waals surface area (Å²) in [6, 6.07) is 5.06. The first-order chi connectivity index (χ1) is 9.16. The molecule has 0 N–H and O–H groups in total. The average molecular weight is 283 g/mol. The van der Waals surface area contributed by atoms with E-state index in [1.165, 1.54) is 25.0 Å². The van der Waals surface area contributed by atoms with Gasteiger partial charge in [0.15, 0.2) is 0 Å². The summed E-state index contributed by atoms with van der Waals surface area (Å²) in [5, 5.41) is 0.189. The molecule has 0 spiro atoms. The number of nitrogens with zero attached hydrogens (tertiary/aromatic N) is 2. The highest BCUT2D eigenvalue weighted by Crippen LogP contribution is 2.28. The molecule has 1 aromatic carbocycles. The molecule has 3 nitrogen and oxygen atoms in total. The Morgan fingerprint density at radius 3 is 2.47 bits per heavy atom. The van der Waals surface area contributed by atoms with E-state index in [1.807, 2.05) is 0 Å². The van der Waals surface area contributed by atoms with Crippen LogP contribution in [-0.2, 0) is 0 Å². The zero-order valence-electron chi connectivity index (χ0n) is 10.6. The minimum atomic E-state index is -0.540. The van der Waals surface area contributed by atoms with Crippen molar-refractivity contribution in [3.8, 4) is 0 Å². The smallest absolute Gasteiger partial charge is 0.258 e. The number of rotatable bonds is 2. The molecule has 1 aromatic rings. The number of carbonyl (C=O) groups is 1. The molecule has 0 unspecified atom stereocenters. The largest absolute Gasteiger partial charge is 0.336 e. The molecule has 0 radical (unpaired) electrons. The maximum absolute atomic E-state index is 13.7. The lowest BCUT2D eigenvalue weighted by Crippen LogP contribution is -2.49. The molecule has 1 saturated heterocycles. The minimum absolute atomic E-state index is 0.00374. The molecule has 1 heterocycles. The standard InChI is InChI=1S/C14H16ClFN2O/c15-11-2-1-3-12(16)13(11)14(19)18-8-6-17(7-9-18)10-4-5-10/h1-3,10H,4-9H2. The zero-order chi connectivity index (χ0) is 13.4. The van der Waals surface area contributed by atoms with Crippen LogP contribution >= 0.6 is 11.6 Å². The SMILES string of the molecule is O=C(c1c(F)cccc1Cl)N1CCN(C2CC2)CC1. The van der Waals surface area contributed by atoms with E-state index in [4.69, 9.17) is 11.6 Å². The minimum Gasteiger partial charge on any atom is -0.336 e. The highest BCUT2D eigenvalue weighted by atomic mass is 35.5. The molecular weight excluding hydrogens is 267 g/mol. The van der Waals surface area contributed by atoms with Crippen molar-refractivity contribution in [3.05, 3.63) is 34.6 Å². The van der Waals surface area contributed by atoms with Crippen molar-refractivity contribution in [2.45, 2.75) is 18.9 Å². The van der Waals surface area contributed by atoms with Crippen LogP contribution in [0.3, 0.4) is 0 Å². The number of hydrogen-bond donors (Lipinski definition) is 0. The van der Waals surface area contributed by atoms with E-state index >= 15 is 0 Å². The van der Waals surface area contributed by atoms with Gasteiger partial charge in [-0.05, 0) is 25.0 Å². The Kier molecular flexibility index (Phi) is 3.46. The van der Waals surface area contributed by atoms with E-state index in [0.29, 0.717) is 19.1 Å². The number of carbonyl (C=O) groups excluding carboxylic acids is 1. The third-order valence-corrected chi connectivity index (χ3v) is 4.16. The summed E-state index contributed by atoms with van der Waals surface area (Å²) in [7, 11) is 0. The highest BCUT2D eigenvalue weighted by Gasteiger charge is 2.33. The fraction of sp³-hybridized carbons (Fsp3) is 0.500. The molecule has 1 saturated carbocycles. The second-order valence-electron chi connectivity index (χ2n) is 5.16. The van der Waals surface area contributed by atoms with Crippen LogP contribution in [0.2, 0.25) is 5.02 Å². The van der Waals surface area contributed by atoms with Crippen molar-refractivity contribution in [2.24, 2.45) is 0 Å². The van der Waals surface area contributed by atoms with Gasteiger partial charge in [0.1, 0.15) is 5.82 Å². The van der Waals surface area contributed by atoms with Crippen LogP contribution in [0.4, 0.5) is 4.39 Å². The predicted octanol–water partition coefficient (Wildman–Crippen LogP) is 2.40. The maximum Gasteiger partial charge on any atom is 0.258 e. The second-order valence-corrected chi connectivity index (χ2v) is 5.56. The lowest BCUT2D eigenvalue weighted by atomic mass is 10.1. The van der Waals surface area contributed by atoms with Gasteiger partial charge in [0.2, 0.25) is 0 Å². The van der Waals surface area contributed by atoms with Gasteiger partial charge in [-0.25, -0.2) is 4.39 Å². The first kappa shape index (κ1) is 12.9. The van der Waals surface area contributed by atoms with E-state index in [1.54, 1.807) is 11.0 Å². The molecule has 3 rings (SSSR count). The van der Waals surface area contributed by atoms with Gasteiger partial charge < -0.3 is 4.90 Å². The van der Waals surface area contributed by atoms with Gasteiger partial charge in [0, 0.05) is 32.2 Å². The van der Waals surface area contributed by atoms with E-state index in [9.17, 15) is 9.18 Å². The highest BCUT2D eigenvalue weighted by molar-refractivity contribution is 6.33. The third kappa shape index (κ3) is 2.60. The summed E-state index contributed by atoms with van der Waals surface area (Å²) < 4.78 is 13.7. The number of amides is 1. The van der Waals surface area contributed by atoms with Crippen LogP contribution in [0, 0.1) is 5.82 Å². The van der Waals surface area contributed by atoms with E-state index in [2.05, 4.69) is 4.90 Å². The fourth-order valence-electron chi connectivity index (χ4n) is 2.59. The van der Waals surface area contributed by atoms with E-state index in [0.717, 1.165) is 13.1 Å². The van der Waals surface area contributed by atoms with Gasteiger partial charge in [-0.15, -0.1) is 0 Å². The number of benzene rings is 1. The van der Waals surface area contributed by atoms with Crippen LogP contribution in [0.1, 0.15) is 23.2 Å². The van der Waals surface area contributed by atoms with Gasteiger partial charge in [-0.2, -0.15) is 0 Å². The van der Waals surface area contributed by atoms with Crippen LogP contribution in [0.15, 0.2) is 18.2 Å². The molecule has 2 aliphatic rings. The van der Waals surface area contributed by atoms with Crippen LogP contribution in [0.25, 0.3) is 0 Å². The molecule has 0 aromatic heterocycles. The van der Waals surface area contributed by atoms with Crippen LogP contribution < -0.4 is 0 Å². The number of halogens is 2. The predicted molar refractivity (Wildman–Crippen MR) is 71.9 cm³/mol. The summed E-state index contributed by atoms with van der Waals surface area (Å²) >= 11 is 5.93. The van der Waals surface area contributed by atoms with Crippen molar-refractivity contribution in [3.63, 3.8) is 0 Å². The summed E-state index contributed by atoms with van der Waals surface area (Å²) in [5.41, 5.74) is 0.00374. The van der Waals surface area contributed by atoms with Crippen molar-refractivity contribution >= 4 is 17.5 Å². The van der Waals surface area contributed by atoms with E-state index < -0.39 is 5.82 Å². The van der Waals surface area contributed by atoms with Crippen molar-refractivity contribution < 1.29 is 9.18 Å². The first-order valence-electron chi connectivity index (χ1n) is 6.64. The fourth-order valence-corrected chi connectivity index (χ4v) is 2.83. The van der Waals surface area contributed by atoms with Gasteiger partial charge in [0.25, 0.3) is 5.91 Å². The summed E-state index contributed by atoms with van der Waals surface area (Å²) in [6.07, 6.45) is 2.54. The molecule has 5 heteroatoms. The van der Waals surface area contributed by atoms with Gasteiger partial charge >= 0.3 is 0 Å². The van der Waals surface area contributed by atoms with Gasteiger partial charge in [0.05, 0.1) is 10.6 Å². The Labute approximate surface area is 116 Å². The van der Waals surface area contributed by atoms with Crippen LogP contribution in [-0.4, -0.2) is 47.9 Å². The molecule has 1 aliphatic heterocycles. The molecule has 0 atom stereocenters. The monoisotopic (exact) mass is 282 g/mol. The molecule has 2 fully saturated rings. The van der Waals surface area contributed by atoms with Crippen molar-refractivity contribution in [2.75, 3.05) is 26.2 Å². The number of hydrogen-bond acceptors (Lipinski definition) is 2. The topological polar surface area (TPSA) is 23.6 Å². The zero-order valence-corrected chi connectivity index (χ0v) is 11.4. The Balaban J connectivity index is 1.70. The Bertz CT molecular complexity index is 476. The summed E-state index contributed by atoms with van der Waals surface area (Å²) in [5.74, 6) is -0.833. The first-order valence-corrected chi connectivity index (χ1v) is 7.02. The lowest BCUT2D eigenvalue weighted by Gasteiger charge is -2.35. The molecule has 102 valence electrons. The third-order valence-electron chi connectivity index (χ3n) is 3.84. The van der Waals surface area contributed by atoms with Crippen LogP contribution in [0.5, 0.6) is 0 Å². The molecular formula is C14H16ClFN2O. The number of piperazine rings is 1. The molecule has 19 heavy (non-hydrogen) atoms. The van der Waals surface area contributed by atoms with E-state index in [-0.39, 0.29) is 16.5 Å². The molecule has 1 aliphatic carbocycles. The average Bonchev–Trinajstić information content (AvgIpc) is 3.23. The molecule has 1 amide bonds. The lowest BCUT2D eigenvalue weighted by molar-refractivity contribution is 0.0623. The normalized spacial score (nSPS) is 20.6. The molecule has 0 bridgehead atoms.